The smallest absolute Gasteiger partial charge is 0.335 e. The van der Waals surface area contributed by atoms with Crippen molar-refractivity contribution in [3.05, 3.63) is 39.9 Å². The number of rotatable bonds is 6. The fourth-order valence-corrected chi connectivity index (χ4v) is 5.04. The Balaban J connectivity index is 1.62. The van der Waals surface area contributed by atoms with Gasteiger partial charge in [0.25, 0.3) is 5.69 Å². The van der Waals surface area contributed by atoms with Crippen molar-refractivity contribution in [3.8, 4) is 0 Å². The summed E-state index contributed by atoms with van der Waals surface area (Å²) >= 11 is 6.47. The highest BCUT2D eigenvalue weighted by Gasteiger charge is 2.61. The van der Waals surface area contributed by atoms with Crippen molar-refractivity contribution in [2.75, 3.05) is 0 Å². The number of thiocarbonyl (C=S) groups is 1. The number of ether oxygens (including phenoxy) is 2. The SMILES string of the molecule is CC(=O)OC(C)C1C(=O)N2C(C(=O)OCc3ccc([N+](=O)[O-])cc3)C(=S)SC12. The van der Waals surface area contributed by atoms with Crippen LogP contribution in [0.4, 0.5) is 5.69 Å². The third-order valence-corrected chi connectivity index (χ3v) is 6.20. The van der Waals surface area contributed by atoms with Crippen LogP contribution in [0.25, 0.3) is 0 Å². The normalized spacial score (nSPS) is 24.2. The molecule has 2 heterocycles. The summed E-state index contributed by atoms with van der Waals surface area (Å²) in [5.74, 6) is -2.02. The minimum atomic E-state index is -0.976. The molecule has 2 saturated heterocycles. The van der Waals surface area contributed by atoms with Crippen molar-refractivity contribution in [2.45, 2.75) is 38.0 Å². The van der Waals surface area contributed by atoms with Gasteiger partial charge in [0.1, 0.15) is 18.6 Å². The average molecular weight is 424 g/mol. The third kappa shape index (κ3) is 3.72. The molecule has 2 fully saturated rings. The van der Waals surface area contributed by atoms with E-state index in [4.69, 9.17) is 21.7 Å². The van der Waals surface area contributed by atoms with Gasteiger partial charge in [-0.2, -0.15) is 0 Å². The Labute approximate surface area is 169 Å². The van der Waals surface area contributed by atoms with Crippen molar-refractivity contribution >= 4 is 51.7 Å². The summed E-state index contributed by atoms with van der Waals surface area (Å²) in [6.07, 6.45) is -0.614. The van der Waals surface area contributed by atoms with Gasteiger partial charge >= 0.3 is 11.9 Å². The van der Waals surface area contributed by atoms with Gasteiger partial charge < -0.3 is 14.4 Å². The van der Waals surface area contributed by atoms with E-state index in [9.17, 15) is 24.5 Å². The van der Waals surface area contributed by atoms with Crippen molar-refractivity contribution in [1.29, 1.82) is 0 Å². The lowest BCUT2D eigenvalue weighted by Crippen LogP contribution is -2.64. The van der Waals surface area contributed by atoms with Crippen LogP contribution in [0.2, 0.25) is 0 Å². The summed E-state index contributed by atoms with van der Waals surface area (Å²) < 4.78 is 10.7. The van der Waals surface area contributed by atoms with Crippen molar-refractivity contribution in [2.24, 2.45) is 5.92 Å². The number of benzene rings is 1. The lowest BCUT2D eigenvalue weighted by molar-refractivity contribution is -0.384. The first-order chi connectivity index (χ1) is 13.2. The zero-order valence-electron chi connectivity index (χ0n) is 14.9. The molecule has 28 heavy (non-hydrogen) atoms. The largest absolute Gasteiger partial charge is 0.462 e. The Morgan fingerprint density at radius 2 is 2.00 bits per heavy atom. The van der Waals surface area contributed by atoms with Crippen LogP contribution in [-0.4, -0.2) is 49.4 Å². The van der Waals surface area contributed by atoms with E-state index in [1.807, 2.05) is 0 Å². The molecule has 4 unspecified atom stereocenters. The van der Waals surface area contributed by atoms with Crippen LogP contribution in [0.1, 0.15) is 19.4 Å². The molecule has 2 aliphatic rings. The van der Waals surface area contributed by atoms with Crippen molar-refractivity contribution in [3.63, 3.8) is 0 Å². The number of hydrogen-bond acceptors (Lipinski definition) is 9. The molecule has 0 radical (unpaired) electrons. The summed E-state index contributed by atoms with van der Waals surface area (Å²) in [5, 5.41) is 10.3. The number of amides is 1. The fourth-order valence-electron chi connectivity index (χ4n) is 3.14. The Morgan fingerprint density at radius 3 is 2.57 bits per heavy atom. The van der Waals surface area contributed by atoms with E-state index in [-0.39, 0.29) is 23.6 Å². The third-order valence-electron chi connectivity index (χ3n) is 4.47. The number of nitrogens with zero attached hydrogens (tertiary/aromatic N) is 2. The van der Waals surface area contributed by atoms with E-state index < -0.39 is 34.9 Å². The van der Waals surface area contributed by atoms with E-state index in [2.05, 4.69) is 0 Å². The Morgan fingerprint density at radius 1 is 1.36 bits per heavy atom. The van der Waals surface area contributed by atoms with E-state index in [0.29, 0.717) is 9.76 Å². The lowest BCUT2D eigenvalue weighted by atomic mass is 9.91. The van der Waals surface area contributed by atoms with Gasteiger partial charge in [0.15, 0.2) is 6.04 Å². The number of carbonyl (C=O) groups is 3. The quantitative estimate of drug-likeness (QED) is 0.222. The van der Waals surface area contributed by atoms with Gasteiger partial charge in [-0.25, -0.2) is 4.79 Å². The summed E-state index contributed by atoms with van der Waals surface area (Å²) in [7, 11) is 0. The maximum Gasteiger partial charge on any atom is 0.335 e. The van der Waals surface area contributed by atoms with E-state index >= 15 is 0 Å². The minimum absolute atomic E-state index is 0.0644. The van der Waals surface area contributed by atoms with Crippen LogP contribution in [0.5, 0.6) is 0 Å². The number of esters is 2. The van der Waals surface area contributed by atoms with Gasteiger partial charge in [0, 0.05) is 19.1 Å². The molecule has 0 bridgehead atoms. The Hall–Kier alpha value is -2.53. The second-order valence-electron chi connectivity index (χ2n) is 6.35. The molecule has 0 aliphatic carbocycles. The number of non-ortho nitro benzene ring substituents is 1. The van der Waals surface area contributed by atoms with Gasteiger partial charge in [0.2, 0.25) is 5.91 Å². The molecular formula is C17H16N2O7S2. The minimum Gasteiger partial charge on any atom is -0.462 e. The fraction of sp³-hybridized carbons (Fsp3) is 0.412. The number of hydrogen-bond donors (Lipinski definition) is 0. The number of carbonyl (C=O) groups excluding carboxylic acids is 3. The maximum atomic E-state index is 12.5. The molecule has 1 aromatic rings. The second kappa shape index (κ2) is 7.84. The molecule has 3 rings (SSSR count). The van der Waals surface area contributed by atoms with Gasteiger partial charge in [-0.05, 0) is 24.6 Å². The predicted molar refractivity (Wildman–Crippen MR) is 102 cm³/mol. The lowest BCUT2D eigenvalue weighted by Gasteiger charge is -2.45. The number of β-lactam (4-membered cyclic amide) rings is 1. The van der Waals surface area contributed by atoms with Crippen LogP contribution >= 0.6 is 24.0 Å². The molecular weight excluding hydrogens is 408 g/mol. The highest BCUT2D eigenvalue weighted by molar-refractivity contribution is 8.24. The topological polar surface area (TPSA) is 116 Å². The van der Waals surface area contributed by atoms with Crippen LogP contribution < -0.4 is 0 Å². The molecule has 148 valence electrons. The van der Waals surface area contributed by atoms with E-state index in [1.54, 1.807) is 6.92 Å². The maximum absolute atomic E-state index is 12.5. The van der Waals surface area contributed by atoms with Crippen molar-refractivity contribution in [1.82, 2.24) is 4.90 Å². The molecule has 0 N–H and O–H groups in total. The Kier molecular flexibility index (Phi) is 5.66. The van der Waals surface area contributed by atoms with Crippen LogP contribution in [0.3, 0.4) is 0 Å². The predicted octanol–water partition coefficient (Wildman–Crippen LogP) is 1.82. The standard InChI is InChI=1S/C17H16N2O7S2/c1-8(26-9(2)20)12-14(21)18-13(17(27)28-15(12)18)16(22)25-7-10-3-5-11(6-4-10)19(23)24/h3-6,8,12-13,15H,7H2,1-2H3. The first-order valence-corrected chi connectivity index (χ1v) is 9.59. The van der Waals surface area contributed by atoms with Gasteiger partial charge in [-0.15, -0.1) is 0 Å². The first kappa shape index (κ1) is 20.2. The second-order valence-corrected chi connectivity index (χ2v) is 8.20. The molecule has 1 amide bonds. The van der Waals surface area contributed by atoms with Gasteiger partial charge in [-0.1, -0.05) is 24.0 Å². The molecule has 0 spiro atoms. The summed E-state index contributed by atoms with van der Waals surface area (Å²) in [5.41, 5.74) is 0.508. The van der Waals surface area contributed by atoms with Crippen LogP contribution in [0, 0.1) is 16.0 Å². The summed E-state index contributed by atoms with van der Waals surface area (Å²) in [4.78, 5) is 47.6. The van der Waals surface area contributed by atoms with Crippen molar-refractivity contribution < 1.29 is 28.8 Å². The molecule has 0 aromatic heterocycles. The molecule has 1 aromatic carbocycles. The highest BCUT2D eigenvalue weighted by Crippen LogP contribution is 2.47. The zero-order valence-corrected chi connectivity index (χ0v) is 16.5. The number of fused-ring (bicyclic) bond motifs is 1. The molecule has 4 atom stereocenters. The number of nitro groups is 1. The summed E-state index contributed by atoms with van der Waals surface area (Å²) in [6, 6.07) is 4.63. The number of thioether (sulfide) groups is 1. The molecule has 9 nitrogen and oxygen atoms in total. The molecule has 11 heteroatoms. The van der Waals surface area contributed by atoms with E-state index in [1.165, 1.54) is 47.9 Å². The zero-order chi connectivity index (χ0) is 20.6. The van der Waals surface area contributed by atoms with Crippen LogP contribution in [0.15, 0.2) is 24.3 Å². The highest BCUT2D eigenvalue weighted by atomic mass is 32.2. The average Bonchev–Trinajstić information content (AvgIpc) is 2.92. The van der Waals surface area contributed by atoms with Crippen LogP contribution in [-0.2, 0) is 30.5 Å². The number of nitro benzene ring substituents is 1. The first-order valence-electron chi connectivity index (χ1n) is 8.30. The summed E-state index contributed by atoms with van der Waals surface area (Å²) in [6.45, 7) is 2.80. The molecule has 0 saturated carbocycles. The molecule has 2 aliphatic heterocycles. The van der Waals surface area contributed by atoms with Gasteiger partial charge in [-0.3, -0.25) is 19.7 Å². The Bertz CT molecular complexity index is 858. The van der Waals surface area contributed by atoms with E-state index in [0.717, 1.165) is 0 Å². The monoisotopic (exact) mass is 424 g/mol. The van der Waals surface area contributed by atoms with Gasteiger partial charge in [0.05, 0.1) is 14.5 Å².